The maximum absolute atomic E-state index is 5.87. The predicted octanol–water partition coefficient (Wildman–Crippen LogP) is 2.16. The van der Waals surface area contributed by atoms with E-state index in [9.17, 15) is 0 Å². The second kappa shape index (κ2) is 5.02. The Balaban J connectivity index is 2.06. The fourth-order valence-corrected chi connectivity index (χ4v) is 3.16. The van der Waals surface area contributed by atoms with Gasteiger partial charge in [-0.25, -0.2) is 9.97 Å². The van der Waals surface area contributed by atoms with Gasteiger partial charge in [-0.05, 0) is 30.4 Å². The third-order valence-electron chi connectivity index (χ3n) is 3.16. The summed E-state index contributed by atoms with van der Waals surface area (Å²) in [6.07, 6.45) is 2.85. The maximum atomic E-state index is 5.87. The van der Waals surface area contributed by atoms with E-state index in [1.807, 2.05) is 30.0 Å². The van der Waals surface area contributed by atoms with Crippen LogP contribution in [0.1, 0.15) is 6.42 Å². The van der Waals surface area contributed by atoms with Crippen molar-refractivity contribution in [2.24, 2.45) is 0 Å². The van der Waals surface area contributed by atoms with Crippen molar-refractivity contribution in [3.63, 3.8) is 0 Å². The highest BCUT2D eigenvalue weighted by Crippen LogP contribution is 2.26. The summed E-state index contributed by atoms with van der Waals surface area (Å²) in [5.74, 6) is 3.42. The minimum absolute atomic E-state index is 0.766. The lowest BCUT2D eigenvalue weighted by Crippen LogP contribution is -2.26. The second-order valence-electron chi connectivity index (χ2n) is 4.43. The van der Waals surface area contributed by atoms with Crippen molar-refractivity contribution in [1.82, 2.24) is 9.97 Å². The summed E-state index contributed by atoms with van der Waals surface area (Å²) in [6.45, 7) is 2.11. The smallest absolute Gasteiger partial charge is 0.139 e. The van der Waals surface area contributed by atoms with Crippen molar-refractivity contribution in [2.75, 3.05) is 35.2 Å². The number of benzene rings is 1. The molecule has 18 heavy (non-hydrogen) atoms. The van der Waals surface area contributed by atoms with Crippen molar-refractivity contribution in [1.29, 1.82) is 0 Å². The Kier molecular flexibility index (Phi) is 3.23. The van der Waals surface area contributed by atoms with E-state index in [2.05, 4.69) is 14.9 Å². The summed E-state index contributed by atoms with van der Waals surface area (Å²) >= 11 is 2.01. The Morgan fingerprint density at radius 1 is 1.17 bits per heavy atom. The van der Waals surface area contributed by atoms with E-state index in [1.165, 1.54) is 12.2 Å². The molecular formula is C13H16N4S. The third-order valence-corrected chi connectivity index (χ3v) is 4.21. The number of nitrogens with two attached hydrogens (primary N) is 1. The van der Waals surface area contributed by atoms with Gasteiger partial charge in [0, 0.05) is 29.9 Å². The van der Waals surface area contributed by atoms with Crippen LogP contribution in [-0.2, 0) is 0 Å². The maximum Gasteiger partial charge on any atom is 0.139 e. The van der Waals surface area contributed by atoms with Crippen LogP contribution in [-0.4, -0.2) is 34.6 Å². The van der Waals surface area contributed by atoms with Gasteiger partial charge in [-0.3, -0.25) is 0 Å². The summed E-state index contributed by atoms with van der Waals surface area (Å²) in [4.78, 5) is 11.1. The van der Waals surface area contributed by atoms with Gasteiger partial charge in [-0.15, -0.1) is 0 Å². The fourth-order valence-electron chi connectivity index (χ4n) is 2.27. The number of nitrogen functional groups attached to an aromatic ring is 1. The molecule has 1 aliphatic rings. The van der Waals surface area contributed by atoms with Gasteiger partial charge in [0.1, 0.15) is 12.1 Å². The zero-order valence-electron chi connectivity index (χ0n) is 10.2. The predicted molar refractivity (Wildman–Crippen MR) is 78.1 cm³/mol. The fraction of sp³-hybridized carbons (Fsp3) is 0.385. The van der Waals surface area contributed by atoms with Crippen LogP contribution in [0.15, 0.2) is 24.5 Å². The van der Waals surface area contributed by atoms with Crippen LogP contribution in [0.2, 0.25) is 0 Å². The monoisotopic (exact) mass is 260 g/mol. The molecule has 2 N–H and O–H groups in total. The Morgan fingerprint density at radius 2 is 2.11 bits per heavy atom. The normalized spacial score (nSPS) is 16.8. The number of aromatic nitrogens is 2. The molecule has 0 atom stereocenters. The molecule has 0 saturated carbocycles. The summed E-state index contributed by atoms with van der Waals surface area (Å²) in [6, 6.07) is 5.82. The van der Waals surface area contributed by atoms with Crippen LogP contribution < -0.4 is 10.6 Å². The quantitative estimate of drug-likeness (QED) is 0.796. The van der Waals surface area contributed by atoms with E-state index < -0.39 is 0 Å². The van der Waals surface area contributed by atoms with Crippen LogP contribution in [0.3, 0.4) is 0 Å². The lowest BCUT2D eigenvalue weighted by Gasteiger charge is -2.22. The topological polar surface area (TPSA) is 55.0 Å². The van der Waals surface area contributed by atoms with Gasteiger partial charge in [-0.2, -0.15) is 11.8 Å². The van der Waals surface area contributed by atoms with Gasteiger partial charge < -0.3 is 10.6 Å². The van der Waals surface area contributed by atoms with E-state index in [4.69, 9.17) is 5.73 Å². The highest BCUT2D eigenvalue weighted by Gasteiger charge is 2.14. The molecule has 1 aromatic heterocycles. The lowest BCUT2D eigenvalue weighted by molar-refractivity contribution is 0.804. The highest BCUT2D eigenvalue weighted by atomic mass is 32.2. The first-order valence-corrected chi connectivity index (χ1v) is 7.33. The van der Waals surface area contributed by atoms with Gasteiger partial charge in [0.2, 0.25) is 0 Å². The molecule has 2 aromatic rings. The number of fused-ring (bicyclic) bond motifs is 1. The number of nitrogens with zero attached hydrogens (tertiary/aromatic N) is 3. The van der Waals surface area contributed by atoms with E-state index in [1.54, 1.807) is 6.33 Å². The van der Waals surface area contributed by atoms with E-state index in [0.717, 1.165) is 41.3 Å². The molecule has 94 valence electrons. The SMILES string of the molecule is Nc1ccc2ncnc(N3CCCSCC3)c2c1. The highest BCUT2D eigenvalue weighted by molar-refractivity contribution is 7.99. The van der Waals surface area contributed by atoms with Gasteiger partial charge in [-0.1, -0.05) is 0 Å². The number of hydrogen-bond acceptors (Lipinski definition) is 5. The molecular weight excluding hydrogens is 244 g/mol. The lowest BCUT2D eigenvalue weighted by atomic mass is 10.2. The van der Waals surface area contributed by atoms with Crippen molar-refractivity contribution in [3.8, 4) is 0 Å². The van der Waals surface area contributed by atoms with Crippen LogP contribution in [0.5, 0.6) is 0 Å². The van der Waals surface area contributed by atoms with Crippen LogP contribution in [0.4, 0.5) is 11.5 Å². The molecule has 1 aromatic carbocycles. The van der Waals surface area contributed by atoms with Gasteiger partial charge in [0.05, 0.1) is 5.52 Å². The molecule has 3 rings (SSSR count). The van der Waals surface area contributed by atoms with Crippen molar-refractivity contribution >= 4 is 34.2 Å². The Hall–Kier alpha value is -1.49. The molecule has 5 heteroatoms. The molecule has 0 spiro atoms. The number of rotatable bonds is 1. The van der Waals surface area contributed by atoms with Crippen molar-refractivity contribution < 1.29 is 0 Å². The number of anilines is 2. The molecule has 1 fully saturated rings. The molecule has 1 aliphatic heterocycles. The molecule has 0 amide bonds. The number of hydrogen-bond donors (Lipinski definition) is 1. The summed E-state index contributed by atoms with van der Waals surface area (Å²) in [7, 11) is 0. The Bertz CT molecular complexity index is 550. The zero-order chi connectivity index (χ0) is 12.4. The first-order valence-electron chi connectivity index (χ1n) is 6.17. The standard InChI is InChI=1S/C13H16N4S/c14-10-2-3-12-11(8-10)13(16-9-15-12)17-4-1-6-18-7-5-17/h2-3,8-9H,1,4-7,14H2. The third kappa shape index (κ3) is 2.22. The van der Waals surface area contributed by atoms with Crippen LogP contribution in [0.25, 0.3) is 10.9 Å². The van der Waals surface area contributed by atoms with Crippen molar-refractivity contribution in [3.05, 3.63) is 24.5 Å². The molecule has 0 bridgehead atoms. The minimum atomic E-state index is 0.766. The van der Waals surface area contributed by atoms with Crippen LogP contribution in [0, 0.1) is 0 Å². The zero-order valence-corrected chi connectivity index (χ0v) is 11.0. The molecule has 2 heterocycles. The molecule has 1 saturated heterocycles. The van der Waals surface area contributed by atoms with E-state index >= 15 is 0 Å². The van der Waals surface area contributed by atoms with Crippen molar-refractivity contribution in [2.45, 2.75) is 6.42 Å². The Labute approximate surface area is 111 Å². The number of thioether (sulfide) groups is 1. The van der Waals surface area contributed by atoms with Gasteiger partial charge in [0.25, 0.3) is 0 Å². The van der Waals surface area contributed by atoms with E-state index in [0.29, 0.717) is 0 Å². The van der Waals surface area contributed by atoms with Gasteiger partial charge in [0.15, 0.2) is 0 Å². The van der Waals surface area contributed by atoms with E-state index in [-0.39, 0.29) is 0 Å². The molecule has 4 nitrogen and oxygen atoms in total. The summed E-state index contributed by atoms with van der Waals surface area (Å²) in [5.41, 5.74) is 7.61. The molecule has 0 unspecified atom stereocenters. The molecule has 0 aliphatic carbocycles. The Morgan fingerprint density at radius 3 is 3.06 bits per heavy atom. The first kappa shape index (κ1) is 11.6. The molecule has 0 radical (unpaired) electrons. The minimum Gasteiger partial charge on any atom is -0.399 e. The summed E-state index contributed by atoms with van der Waals surface area (Å²) < 4.78 is 0. The average molecular weight is 260 g/mol. The largest absolute Gasteiger partial charge is 0.399 e. The second-order valence-corrected chi connectivity index (χ2v) is 5.65. The van der Waals surface area contributed by atoms with Gasteiger partial charge >= 0.3 is 0 Å². The van der Waals surface area contributed by atoms with Crippen LogP contribution >= 0.6 is 11.8 Å². The first-order chi connectivity index (χ1) is 8.84. The summed E-state index contributed by atoms with van der Waals surface area (Å²) in [5, 5.41) is 1.06. The average Bonchev–Trinajstić information content (AvgIpc) is 2.67.